The fraction of sp³-hybridized carbons (Fsp3) is 0.375. The summed E-state index contributed by atoms with van der Waals surface area (Å²) < 4.78 is 11.3. The highest BCUT2D eigenvalue weighted by Crippen LogP contribution is 2.29. The summed E-state index contributed by atoms with van der Waals surface area (Å²) in [5.74, 6) is -2.61. The van der Waals surface area contributed by atoms with Gasteiger partial charge in [0.1, 0.15) is 6.04 Å². The molecular weight excluding hydrogens is 396 g/mol. The van der Waals surface area contributed by atoms with E-state index in [1.165, 1.54) is 4.90 Å². The van der Waals surface area contributed by atoms with Gasteiger partial charge in [0, 0.05) is 13.0 Å². The molecule has 1 atom stereocenters. The lowest BCUT2D eigenvalue weighted by molar-refractivity contribution is -0.172. The van der Waals surface area contributed by atoms with Crippen molar-refractivity contribution in [3.63, 3.8) is 0 Å². The predicted octanol–water partition coefficient (Wildman–Crippen LogP) is 2.50. The van der Waals surface area contributed by atoms with Gasteiger partial charge in [-0.1, -0.05) is 60.7 Å². The Bertz CT molecular complexity index is 941. The molecule has 31 heavy (non-hydrogen) atoms. The molecule has 3 amide bonds. The molecule has 2 aromatic carbocycles. The summed E-state index contributed by atoms with van der Waals surface area (Å²) >= 11 is 0. The van der Waals surface area contributed by atoms with E-state index in [1.807, 2.05) is 67.6 Å². The summed E-state index contributed by atoms with van der Waals surface area (Å²) in [5.41, 5.74) is 1.65. The highest BCUT2D eigenvalue weighted by molar-refractivity contribution is 6.40. The molecule has 0 aliphatic carbocycles. The fourth-order valence-electron chi connectivity index (χ4n) is 4.05. The lowest BCUT2D eigenvalue weighted by atomic mass is 9.99. The minimum atomic E-state index is -0.791. The molecule has 0 N–H and O–H groups in total. The quantitative estimate of drug-likeness (QED) is 0.506. The number of amides is 3. The van der Waals surface area contributed by atoms with Crippen LogP contribution in [0.2, 0.25) is 0 Å². The number of ether oxygens (including phenoxy) is 2. The van der Waals surface area contributed by atoms with Crippen LogP contribution in [0.5, 0.6) is 0 Å². The molecule has 162 valence electrons. The average Bonchev–Trinajstić information content (AvgIpc) is 3.23. The first-order valence-corrected chi connectivity index (χ1v) is 10.5. The molecule has 2 aromatic rings. The maximum Gasteiger partial charge on any atom is 0.319 e. The smallest absolute Gasteiger partial charge is 0.319 e. The van der Waals surface area contributed by atoms with Gasteiger partial charge in [-0.3, -0.25) is 19.3 Å². The molecule has 2 aliphatic heterocycles. The summed E-state index contributed by atoms with van der Waals surface area (Å²) in [6, 6.07) is 17.8. The summed E-state index contributed by atoms with van der Waals surface area (Å²) in [6.07, 6.45) is 0.780. The molecule has 0 bridgehead atoms. The number of carbonyl (C=O) groups is 3. The third-order valence-electron chi connectivity index (χ3n) is 5.77. The van der Waals surface area contributed by atoms with Gasteiger partial charge in [-0.15, -0.1) is 0 Å². The topological polar surface area (TPSA) is 76.2 Å². The molecule has 0 spiro atoms. The third-order valence-corrected chi connectivity index (χ3v) is 5.77. The fourth-order valence-corrected chi connectivity index (χ4v) is 4.05. The number of rotatable bonds is 7. The Labute approximate surface area is 181 Å². The Hall–Kier alpha value is -3.03. The van der Waals surface area contributed by atoms with Crippen LogP contribution in [0.3, 0.4) is 0 Å². The normalized spacial score (nSPS) is 21.1. The van der Waals surface area contributed by atoms with Gasteiger partial charge in [0.05, 0.1) is 19.8 Å². The monoisotopic (exact) mass is 422 g/mol. The Morgan fingerprint density at radius 3 is 1.97 bits per heavy atom. The van der Waals surface area contributed by atoms with E-state index in [2.05, 4.69) is 0 Å². The zero-order valence-electron chi connectivity index (χ0n) is 17.5. The van der Waals surface area contributed by atoms with Gasteiger partial charge in [-0.25, -0.2) is 0 Å². The number of piperazine rings is 1. The van der Waals surface area contributed by atoms with Crippen LogP contribution in [-0.2, 0) is 36.9 Å². The van der Waals surface area contributed by atoms with Gasteiger partial charge in [0.25, 0.3) is 5.91 Å². The molecule has 2 aliphatic rings. The van der Waals surface area contributed by atoms with E-state index >= 15 is 0 Å². The number of hydrogen-bond acceptors (Lipinski definition) is 5. The van der Waals surface area contributed by atoms with E-state index in [9.17, 15) is 14.4 Å². The van der Waals surface area contributed by atoms with E-state index in [0.29, 0.717) is 26.1 Å². The van der Waals surface area contributed by atoms with Crippen molar-refractivity contribution >= 4 is 17.7 Å². The second-order valence-electron chi connectivity index (χ2n) is 8.02. The maximum absolute atomic E-state index is 13.4. The van der Waals surface area contributed by atoms with Gasteiger partial charge >= 0.3 is 11.8 Å². The lowest BCUT2D eigenvalue weighted by Gasteiger charge is -2.39. The van der Waals surface area contributed by atoms with E-state index in [0.717, 1.165) is 16.0 Å². The van der Waals surface area contributed by atoms with Gasteiger partial charge in [0.2, 0.25) is 0 Å². The van der Waals surface area contributed by atoms with E-state index in [1.54, 1.807) is 0 Å². The molecule has 2 saturated heterocycles. The summed E-state index contributed by atoms with van der Waals surface area (Å²) in [7, 11) is 0. The van der Waals surface area contributed by atoms with Crippen LogP contribution >= 0.6 is 0 Å². The van der Waals surface area contributed by atoms with Crippen molar-refractivity contribution in [2.24, 2.45) is 0 Å². The van der Waals surface area contributed by atoms with Gasteiger partial charge in [0.15, 0.2) is 5.79 Å². The lowest BCUT2D eigenvalue weighted by Crippen LogP contribution is -2.62. The van der Waals surface area contributed by atoms with Crippen LogP contribution in [0.4, 0.5) is 0 Å². The molecular formula is C24H26N2O5. The molecule has 0 saturated carbocycles. The van der Waals surface area contributed by atoms with Crippen molar-refractivity contribution in [2.45, 2.75) is 44.7 Å². The first kappa shape index (κ1) is 21.2. The molecule has 4 rings (SSSR count). The number of hydrogen-bond donors (Lipinski definition) is 0. The molecule has 2 fully saturated rings. The summed E-state index contributed by atoms with van der Waals surface area (Å²) in [4.78, 5) is 41.8. The van der Waals surface area contributed by atoms with Crippen molar-refractivity contribution in [1.82, 2.24) is 9.80 Å². The van der Waals surface area contributed by atoms with Crippen molar-refractivity contribution in [2.75, 3.05) is 13.2 Å². The van der Waals surface area contributed by atoms with Gasteiger partial charge < -0.3 is 14.4 Å². The summed E-state index contributed by atoms with van der Waals surface area (Å²) in [6.45, 7) is 3.11. The maximum atomic E-state index is 13.4. The first-order valence-electron chi connectivity index (χ1n) is 10.5. The molecule has 2 heterocycles. The standard InChI is InChI=1S/C24H26N2O5/c1-24(30-14-15-31-24)13-12-20-21(27)26(17-19-10-6-3-7-11-19)23(29)22(28)25(20)16-18-8-4-2-5-9-18/h2-11,20H,12-17H2,1H3/t20-/m0/s1. The second kappa shape index (κ2) is 8.99. The minimum Gasteiger partial charge on any atom is -0.348 e. The zero-order chi connectivity index (χ0) is 21.8. The predicted molar refractivity (Wildman–Crippen MR) is 112 cm³/mol. The molecule has 0 radical (unpaired) electrons. The van der Waals surface area contributed by atoms with E-state index < -0.39 is 23.6 Å². The SMILES string of the molecule is CC1(CC[C@H]2C(=O)N(Cc3ccccc3)C(=O)C(=O)N2Cc2ccccc2)OCCO1. The molecule has 0 aromatic heterocycles. The minimum absolute atomic E-state index is 0.0736. The van der Waals surface area contributed by atoms with Crippen molar-refractivity contribution in [3.05, 3.63) is 71.8 Å². The van der Waals surface area contributed by atoms with E-state index in [-0.39, 0.29) is 19.0 Å². The molecule has 0 unspecified atom stereocenters. The zero-order valence-corrected chi connectivity index (χ0v) is 17.5. The van der Waals surface area contributed by atoms with Crippen molar-refractivity contribution < 1.29 is 23.9 Å². The average molecular weight is 422 g/mol. The van der Waals surface area contributed by atoms with Crippen LogP contribution in [0.1, 0.15) is 30.9 Å². The summed E-state index contributed by atoms with van der Waals surface area (Å²) in [5, 5.41) is 0. The Balaban J connectivity index is 1.59. The number of benzene rings is 2. The Morgan fingerprint density at radius 1 is 0.839 bits per heavy atom. The van der Waals surface area contributed by atoms with Crippen molar-refractivity contribution in [3.8, 4) is 0 Å². The van der Waals surface area contributed by atoms with Crippen LogP contribution in [-0.4, -0.2) is 52.6 Å². The van der Waals surface area contributed by atoms with Gasteiger partial charge in [-0.2, -0.15) is 0 Å². The van der Waals surface area contributed by atoms with Crippen LogP contribution in [0, 0.1) is 0 Å². The number of carbonyl (C=O) groups excluding carboxylic acids is 3. The van der Waals surface area contributed by atoms with Crippen LogP contribution in [0.15, 0.2) is 60.7 Å². The highest BCUT2D eigenvalue weighted by Gasteiger charge is 2.46. The first-order chi connectivity index (χ1) is 15.0. The Kier molecular flexibility index (Phi) is 6.15. The second-order valence-corrected chi connectivity index (χ2v) is 8.02. The van der Waals surface area contributed by atoms with Crippen molar-refractivity contribution in [1.29, 1.82) is 0 Å². The van der Waals surface area contributed by atoms with E-state index in [4.69, 9.17) is 9.47 Å². The number of nitrogens with zero attached hydrogens (tertiary/aromatic N) is 2. The van der Waals surface area contributed by atoms with Crippen LogP contribution in [0.25, 0.3) is 0 Å². The Morgan fingerprint density at radius 2 is 1.39 bits per heavy atom. The number of imide groups is 1. The third kappa shape index (κ3) is 4.68. The molecule has 7 nitrogen and oxygen atoms in total. The largest absolute Gasteiger partial charge is 0.348 e. The molecule has 7 heteroatoms. The van der Waals surface area contributed by atoms with Gasteiger partial charge in [-0.05, 0) is 24.5 Å². The highest BCUT2D eigenvalue weighted by atomic mass is 16.7. The van der Waals surface area contributed by atoms with Crippen LogP contribution < -0.4 is 0 Å².